The molecule has 0 aliphatic carbocycles. The van der Waals surface area contributed by atoms with Gasteiger partial charge in [0, 0.05) is 0 Å². The molecule has 9 heteroatoms. The number of para-hydroxylation sites is 1. The number of nitrogens with one attached hydrogen (secondary N) is 4. The molecule has 1 fully saturated rings. The van der Waals surface area contributed by atoms with Gasteiger partial charge in [-0.15, -0.1) is 11.8 Å². The Morgan fingerprint density at radius 1 is 1.04 bits per heavy atom. The summed E-state index contributed by atoms with van der Waals surface area (Å²) in [5.41, 5.74) is 7.04. The van der Waals surface area contributed by atoms with E-state index in [-0.39, 0.29) is 23.6 Å². The number of amides is 2. The molecule has 2 amide bonds. The molecule has 3 rings (SSSR count). The van der Waals surface area contributed by atoms with E-state index < -0.39 is 5.50 Å². The molecule has 4 N–H and O–H groups in total. The van der Waals surface area contributed by atoms with Crippen LogP contribution in [0.1, 0.15) is 5.56 Å². The molecule has 2 aromatic carbocycles. The quantitative estimate of drug-likeness (QED) is 0.572. The molecular formula is C18H18Cl2N4O2S. The van der Waals surface area contributed by atoms with E-state index in [0.717, 1.165) is 5.56 Å². The average molecular weight is 425 g/mol. The zero-order chi connectivity index (χ0) is 19.2. The second-order valence-corrected chi connectivity index (χ2v) is 7.78. The Hall–Kier alpha value is -1.77. The Morgan fingerprint density at radius 3 is 2.41 bits per heavy atom. The number of hydrogen-bond donors (Lipinski definition) is 4. The molecule has 0 bridgehead atoms. The molecule has 2 aromatic rings. The number of rotatable bonds is 6. The normalized spacial score (nSPS) is 19.4. The summed E-state index contributed by atoms with van der Waals surface area (Å²) in [7, 11) is 0. The number of hydrazine groups is 1. The van der Waals surface area contributed by atoms with Crippen LogP contribution in [0.3, 0.4) is 0 Å². The average Bonchev–Trinajstić information content (AvgIpc) is 2.66. The molecule has 2 unspecified atom stereocenters. The van der Waals surface area contributed by atoms with Crippen LogP contribution in [-0.2, 0) is 16.0 Å². The first-order chi connectivity index (χ1) is 13.0. The van der Waals surface area contributed by atoms with Gasteiger partial charge in [-0.25, -0.2) is 10.9 Å². The number of thioether (sulfide) groups is 1. The summed E-state index contributed by atoms with van der Waals surface area (Å²) < 4.78 is 0. The van der Waals surface area contributed by atoms with E-state index in [1.807, 2.05) is 30.3 Å². The van der Waals surface area contributed by atoms with Crippen molar-refractivity contribution in [2.75, 3.05) is 11.1 Å². The molecule has 1 aliphatic rings. The van der Waals surface area contributed by atoms with Gasteiger partial charge in [-0.3, -0.25) is 9.59 Å². The van der Waals surface area contributed by atoms with Crippen molar-refractivity contribution >= 4 is 52.5 Å². The van der Waals surface area contributed by atoms with E-state index in [4.69, 9.17) is 23.2 Å². The molecule has 0 spiro atoms. The van der Waals surface area contributed by atoms with E-state index in [9.17, 15) is 9.59 Å². The predicted molar refractivity (Wildman–Crippen MR) is 110 cm³/mol. The summed E-state index contributed by atoms with van der Waals surface area (Å²) in [5.74, 6) is -0.271. The molecule has 0 saturated carbocycles. The SMILES string of the molecule is O=C(CSC1NNC(Cc2ccccc2)C(=O)N1)Nc1c(Cl)cccc1Cl. The molecule has 0 aromatic heterocycles. The summed E-state index contributed by atoms with van der Waals surface area (Å²) in [5, 5.41) is 6.27. The number of halogens is 2. The van der Waals surface area contributed by atoms with E-state index in [0.29, 0.717) is 22.2 Å². The van der Waals surface area contributed by atoms with Crippen LogP contribution in [-0.4, -0.2) is 29.1 Å². The molecule has 6 nitrogen and oxygen atoms in total. The van der Waals surface area contributed by atoms with E-state index in [1.165, 1.54) is 11.8 Å². The smallest absolute Gasteiger partial charge is 0.240 e. The zero-order valence-electron chi connectivity index (χ0n) is 14.2. The summed E-state index contributed by atoms with van der Waals surface area (Å²) in [6.07, 6.45) is 0.572. The number of carbonyl (C=O) groups is 2. The van der Waals surface area contributed by atoms with Gasteiger partial charge < -0.3 is 10.6 Å². The van der Waals surface area contributed by atoms with Gasteiger partial charge in [0.15, 0.2) is 0 Å². The maximum atomic E-state index is 12.3. The lowest BCUT2D eigenvalue weighted by Crippen LogP contribution is -2.64. The highest BCUT2D eigenvalue weighted by molar-refractivity contribution is 8.00. The Balaban J connectivity index is 1.46. The van der Waals surface area contributed by atoms with Crippen LogP contribution >= 0.6 is 35.0 Å². The van der Waals surface area contributed by atoms with Crippen LogP contribution < -0.4 is 21.5 Å². The van der Waals surface area contributed by atoms with Crippen molar-refractivity contribution in [1.82, 2.24) is 16.2 Å². The summed E-state index contributed by atoms with van der Waals surface area (Å²) in [6, 6.07) is 14.4. The van der Waals surface area contributed by atoms with Crippen molar-refractivity contribution in [3.8, 4) is 0 Å². The lowest BCUT2D eigenvalue weighted by atomic mass is 10.1. The Morgan fingerprint density at radius 2 is 1.74 bits per heavy atom. The third-order valence-electron chi connectivity index (χ3n) is 3.87. The minimum absolute atomic E-state index is 0.116. The molecule has 27 heavy (non-hydrogen) atoms. The maximum Gasteiger partial charge on any atom is 0.240 e. The number of hydrogen-bond acceptors (Lipinski definition) is 5. The molecule has 2 atom stereocenters. The lowest BCUT2D eigenvalue weighted by Gasteiger charge is -2.31. The molecule has 1 heterocycles. The van der Waals surface area contributed by atoms with Gasteiger partial charge in [0.05, 0.1) is 21.5 Å². The molecule has 0 radical (unpaired) electrons. The highest BCUT2D eigenvalue weighted by Crippen LogP contribution is 2.29. The second kappa shape index (κ2) is 9.43. The van der Waals surface area contributed by atoms with Crippen molar-refractivity contribution in [2.24, 2.45) is 0 Å². The van der Waals surface area contributed by atoms with Gasteiger partial charge in [0.2, 0.25) is 11.8 Å². The van der Waals surface area contributed by atoms with Crippen LogP contribution in [0.25, 0.3) is 0 Å². The minimum atomic E-state index is -0.419. The first kappa shape index (κ1) is 20.0. The van der Waals surface area contributed by atoms with Gasteiger partial charge in [-0.05, 0) is 24.1 Å². The molecule has 142 valence electrons. The van der Waals surface area contributed by atoms with E-state index in [1.54, 1.807) is 18.2 Å². The predicted octanol–water partition coefficient (Wildman–Crippen LogP) is 2.78. The van der Waals surface area contributed by atoms with Crippen molar-refractivity contribution in [1.29, 1.82) is 0 Å². The largest absolute Gasteiger partial charge is 0.329 e. The highest BCUT2D eigenvalue weighted by Gasteiger charge is 2.27. The molecule has 1 saturated heterocycles. The number of benzene rings is 2. The minimum Gasteiger partial charge on any atom is -0.329 e. The summed E-state index contributed by atoms with van der Waals surface area (Å²) in [4.78, 5) is 24.4. The summed E-state index contributed by atoms with van der Waals surface area (Å²) in [6.45, 7) is 0. The Labute approximate surface area is 171 Å². The maximum absolute atomic E-state index is 12.3. The molecule has 1 aliphatic heterocycles. The summed E-state index contributed by atoms with van der Waals surface area (Å²) >= 11 is 13.3. The van der Waals surface area contributed by atoms with E-state index in [2.05, 4.69) is 21.5 Å². The van der Waals surface area contributed by atoms with Gasteiger partial charge in [-0.1, -0.05) is 59.6 Å². The Bertz CT molecular complexity index is 802. The number of anilines is 1. The highest BCUT2D eigenvalue weighted by atomic mass is 35.5. The van der Waals surface area contributed by atoms with E-state index >= 15 is 0 Å². The third kappa shape index (κ3) is 5.60. The first-order valence-corrected chi connectivity index (χ1v) is 10.0. The Kier molecular flexibility index (Phi) is 6.98. The fourth-order valence-electron chi connectivity index (χ4n) is 2.54. The monoisotopic (exact) mass is 424 g/mol. The van der Waals surface area contributed by atoms with Gasteiger partial charge in [0.25, 0.3) is 0 Å². The fourth-order valence-corrected chi connectivity index (χ4v) is 3.77. The topological polar surface area (TPSA) is 82.3 Å². The van der Waals surface area contributed by atoms with Gasteiger partial charge in [0.1, 0.15) is 11.5 Å². The fraction of sp³-hybridized carbons (Fsp3) is 0.222. The van der Waals surface area contributed by atoms with Crippen LogP contribution in [0.15, 0.2) is 48.5 Å². The molecular weight excluding hydrogens is 407 g/mol. The van der Waals surface area contributed by atoms with Crippen LogP contribution in [0.2, 0.25) is 10.0 Å². The van der Waals surface area contributed by atoms with Crippen LogP contribution in [0, 0.1) is 0 Å². The van der Waals surface area contributed by atoms with Crippen molar-refractivity contribution in [3.63, 3.8) is 0 Å². The van der Waals surface area contributed by atoms with Crippen molar-refractivity contribution in [2.45, 2.75) is 18.0 Å². The van der Waals surface area contributed by atoms with Crippen LogP contribution in [0.5, 0.6) is 0 Å². The van der Waals surface area contributed by atoms with Gasteiger partial charge in [-0.2, -0.15) is 0 Å². The second-order valence-electron chi connectivity index (χ2n) is 5.88. The van der Waals surface area contributed by atoms with Crippen molar-refractivity contribution < 1.29 is 9.59 Å². The number of carbonyl (C=O) groups excluding carboxylic acids is 2. The standard InChI is InChI=1S/C18H18Cl2N4O2S/c19-12-7-4-8-13(20)16(12)21-15(25)10-27-18-22-17(26)14(23-24-18)9-11-5-2-1-3-6-11/h1-8,14,18,23-24H,9-10H2,(H,21,25)(H,22,26). The van der Waals surface area contributed by atoms with Crippen molar-refractivity contribution in [3.05, 3.63) is 64.1 Å². The first-order valence-electron chi connectivity index (χ1n) is 8.24. The third-order valence-corrected chi connectivity index (χ3v) is 5.50. The van der Waals surface area contributed by atoms with Gasteiger partial charge >= 0.3 is 0 Å². The lowest BCUT2D eigenvalue weighted by molar-refractivity contribution is -0.125. The van der Waals surface area contributed by atoms with Crippen LogP contribution in [0.4, 0.5) is 5.69 Å². The zero-order valence-corrected chi connectivity index (χ0v) is 16.5.